The smallest absolute Gasteiger partial charge is 0.244 e. The van der Waals surface area contributed by atoms with Gasteiger partial charge in [0, 0.05) is 10.2 Å². The Bertz CT molecular complexity index is 703. The minimum atomic E-state index is -0.605. The van der Waals surface area contributed by atoms with Crippen molar-refractivity contribution in [3.8, 4) is 0 Å². The second kappa shape index (κ2) is 13.9. The summed E-state index contributed by atoms with van der Waals surface area (Å²) in [4.78, 5) is 24.2. The van der Waals surface area contributed by atoms with Crippen molar-refractivity contribution in [2.24, 2.45) is 0 Å². The Morgan fingerprint density at radius 3 is 2.33 bits per heavy atom. The van der Waals surface area contributed by atoms with Crippen LogP contribution in [0.4, 0.5) is 5.69 Å². The lowest BCUT2D eigenvalue weighted by Crippen LogP contribution is -2.42. The summed E-state index contributed by atoms with van der Waals surface area (Å²) in [7, 11) is 0. The number of hydrogen-bond donors (Lipinski definition) is 0. The highest BCUT2D eigenvalue weighted by atomic mass is 79.9. The number of halogens is 4. The average Bonchev–Trinajstić information content (AvgIpc) is 3.14. The van der Waals surface area contributed by atoms with Crippen LogP contribution in [0.25, 0.3) is 0 Å². The molecular weight excluding hydrogens is 516 g/mol. The van der Waals surface area contributed by atoms with E-state index in [9.17, 15) is 9.59 Å². The van der Waals surface area contributed by atoms with Gasteiger partial charge in [0.15, 0.2) is 6.29 Å². The Morgan fingerprint density at radius 1 is 1.23 bits per heavy atom. The van der Waals surface area contributed by atoms with E-state index in [1.165, 1.54) is 6.92 Å². The van der Waals surface area contributed by atoms with Crippen LogP contribution >= 0.6 is 50.7 Å². The van der Waals surface area contributed by atoms with E-state index in [2.05, 4.69) is 35.8 Å². The highest BCUT2D eigenvalue weighted by Crippen LogP contribution is 2.28. The van der Waals surface area contributed by atoms with Gasteiger partial charge in [-0.3, -0.25) is 9.59 Å². The van der Waals surface area contributed by atoms with Gasteiger partial charge >= 0.3 is 0 Å². The number of hydrogen-bond acceptors (Lipinski definition) is 4. The summed E-state index contributed by atoms with van der Waals surface area (Å²) < 4.78 is 12.5. The Labute approximate surface area is 202 Å². The van der Waals surface area contributed by atoms with Crippen molar-refractivity contribution >= 4 is 67.6 Å². The normalized spacial score (nSPS) is 20.1. The van der Waals surface area contributed by atoms with E-state index in [0.717, 1.165) is 35.0 Å². The molecule has 4 atom stereocenters. The molecular formula is C21H29BrCl3NO4. The molecule has 0 aromatic heterocycles. The number of amides is 1. The van der Waals surface area contributed by atoms with Gasteiger partial charge in [-0.15, -0.1) is 23.2 Å². The van der Waals surface area contributed by atoms with E-state index >= 15 is 0 Å². The third kappa shape index (κ3) is 9.01. The van der Waals surface area contributed by atoms with Gasteiger partial charge in [0.1, 0.15) is 10.8 Å². The molecule has 0 bridgehead atoms. The molecule has 1 saturated heterocycles. The van der Waals surface area contributed by atoms with Gasteiger partial charge in [0.25, 0.3) is 0 Å². The van der Waals surface area contributed by atoms with Crippen LogP contribution in [-0.4, -0.2) is 47.4 Å². The maximum atomic E-state index is 12.7. The Kier molecular flexibility index (Phi) is 12.8. The number of benzene rings is 1. The molecule has 1 fully saturated rings. The molecule has 1 heterocycles. The first-order chi connectivity index (χ1) is 14.1. The van der Waals surface area contributed by atoms with E-state index in [-0.39, 0.29) is 12.0 Å². The molecule has 5 nitrogen and oxygen atoms in total. The van der Waals surface area contributed by atoms with Crippen molar-refractivity contribution in [2.45, 2.75) is 70.1 Å². The second-order valence-electron chi connectivity index (χ2n) is 6.94. The molecule has 0 aliphatic carbocycles. The maximum absolute atomic E-state index is 12.7. The first-order valence-corrected chi connectivity index (χ1v) is 12.0. The first-order valence-electron chi connectivity index (χ1n) is 9.94. The van der Waals surface area contributed by atoms with E-state index in [0.29, 0.717) is 13.2 Å². The Balaban J connectivity index is 0.000000656. The Morgan fingerprint density at radius 2 is 1.87 bits per heavy atom. The zero-order valence-electron chi connectivity index (χ0n) is 17.7. The number of rotatable bonds is 8. The minimum absolute atomic E-state index is 0.0976. The van der Waals surface area contributed by atoms with Crippen molar-refractivity contribution in [3.05, 3.63) is 28.2 Å². The quantitative estimate of drug-likeness (QED) is 0.302. The Hall–Kier alpha value is -0.370. The molecule has 1 aliphatic heterocycles. The number of carbonyl (C=O) groups is 2. The molecule has 30 heavy (non-hydrogen) atoms. The number of nitrogens with zero attached hydrogens (tertiary/aromatic N) is 1. The lowest BCUT2D eigenvalue weighted by Gasteiger charge is -2.28. The van der Waals surface area contributed by atoms with Crippen LogP contribution in [0.3, 0.4) is 0 Å². The van der Waals surface area contributed by atoms with Crippen LogP contribution in [0.2, 0.25) is 0 Å². The average molecular weight is 546 g/mol. The molecule has 0 spiro atoms. The van der Waals surface area contributed by atoms with Crippen molar-refractivity contribution in [2.75, 3.05) is 18.1 Å². The molecule has 0 saturated carbocycles. The second-order valence-corrected chi connectivity index (χ2v) is 9.53. The molecule has 170 valence electrons. The van der Waals surface area contributed by atoms with Gasteiger partial charge < -0.3 is 14.4 Å². The molecule has 4 unspecified atom stereocenters. The predicted molar refractivity (Wildman–Crippen MR) is 127 cm³/mol. The van der Waals surface area contributed by atoms with Crippen molar-refractivity contribution in [1.29, 1.82) is 0 Å². The summed E-state index contributed by atoms with van der Waals surface area (Å²) in [5.74, 6) is -0.136. The highest BCUT2D eigenvalue weighted by molar-refractivity contribution is 9.10. The molecule has 1 aromatic rings. The summed E-state index contributed by atoms with van der Waals surface area (Å²) in [6.07, 6.45) is 2.47. The summed E-state index contributed by atoms with van der Waals surface area (Å²) in [6, 6.07) is 5.96. The maximum Gasteiger partial charge on any atom is 0.244 e. The fourth-order valence-electron chi connectivity index (χ4n) is 2.78. The van der Waals surface area contributed by atoms with Crippen LogP contribution in [0.15, 0.2) is 22.7 Å². The summed E-state index contributed by atoms with van der Waals surface area (Å²) >= 11 is 19.6. The number of aryl methyl sites for hydroxylation is 1. The standard InChI is InChI=1S/C18H25BrClNO3.C3H4Cl2O/c1-4-6-13-9-14(19)7-8-16(13)21(18(22)12(3)20)10-17-23-11-15(5-2)24-17;1-2(4)3(5)6/h7-9,12,15,17H,4-6,10-11H2,1-3H3;2H,1H3. The minimum Gasteiger partial charge on any atom is -0.348 e. The summed E-state index contributed by atoms with van der Waals surface area (Å²) in [5, 5.41) is -1.66. The number of alkyl halides is 2. The van der Waals surface area contributed by atoms with Gasteiger partial charge in [-0.25, -0.2) is 0 Å². The van der Waals surface area contributed by atoms with Crippen molar-refractivity contribution in [3.63, 3.8) is 0 Å². The number of carbonyl (C=O) groups excluding carboxylic acids is 2. The third-order valence-electron chi connectivity index (χ3n) is 4.37. The fourth-order valence-corrected chi connectivity index (χ4v) is 3.30. The molecule has 1 aromatic carbocycles. The van der Waals surface area contributed by atoms with Crippen LogP contribution in [0.1, 0.15) is 46.1 Å². The third-order valence-corrected chi connectivity index (χ3v) is 5.69. The fraction of sp³-hybridized carbons (Fsp3) is 0.619. The van der Waals surface area contributed by atoms with Crippen LogP contribution in [0.5, 0.6) is 0 Å². The summed E-state index contributed by atoms with van der Waals surface area (Å²) in [5.41, 5.74) is 1.99. The van der Waals surface area contributed by atoms with Gasteiger partial charge in [-0.2, -0.15) is 0 Å². The van der Waals surface area contributed by atoms with E-state index in [1.807, 2.05) is 12.1 Å². The van der Waals surface area contributed by atoms with E-state index in [1.54, 1.807) is 11.8 Å². The molecule has 1 aliphatic rings. The molecule has 2 rings (SSSR count). The largest absolute Gasteiger partial charge is 0.348 e. The predicted octanol–water partition coefficient (Wildman–Crippen LogP) is 5.89. The van der Waals surface area contributed by atoms with E-state index < -0.39 is 22.3 Å². The number of ether oxygens (including phenoxy) is 2. The van der Waals surface area contributed by atoms with Crippen LogP contribution in [-0.2, 0) is 25.5 Å². The molecule has 0 radical (unpaired) electrons. The lowest BCUT2D eigenvalue weighted by atomic mass is 10.1. The number of anilines is 1. The van der Waals surface area contributed by atoms with Crippen molar-refractivity contribution in [1.82, 2.24) is 0 Å². The monoisotopic (exact) mass is 543 g/mol. The van der Waals surface area contributed by atoms with E-state index in [4.69, 9.17) is 44.3 Å². The van der Waals surface area contributed by atoms with Gasteiger partial charge in [-0.05, 0) is 62.1 Å². The SMILES string of the molecule is CC(Cl)C(=O)Cl.CCCc1cc(Br)ccc1N(CC1OCC(CC)O1)C(=O)C(C)Cl. The molecule has 0 N–H and O–H groups in total. The summed E-state index contributed by atoms with van der Waals surface area (Å²) in [6.45, 7) is 8.33. The first kappa shape index (κ1) is 27.7. The van der Waals surface area contributed by atoms with Crippen LogP contribution in [0, 0.1) is 0 Å². The zero-order chi connectivity index (χ0) is 22.8. The van der Waals surface area contributed by atoms with Gasteiger partial charge in [0.2, 0.25) is 11.1 Å². The topological polar surface area (TPSA) is 55.8 Å². The lowest BCUT2D eigenvalue weighted by molar-refractivity contribution is -0.120. The molecule has 9 heteroatoms. The zero-order valence-corrected chi connectivity index (χ0v) is 21.5. The van der Waals surface area contributed by atoms with Crippen molar-refractivity contribution < 1.29 is 19.1 Å². The highest BCUT2D eigenvalue weighted by Gasteiger charge is 2.31. The van der Waals surface area contributed by atoms with Gasteiger partial charge in [-0.1, -0.05) is 36.2 Å². The van der Waals surface area contributed by atoms with Crippen LogP contribution < -0.4 is 4.90 Å². The molecule has 1 amide bonds. The van der Waals surface area contributed by atoms with Gasteiger partial charge in [0.05, 0.1) is 19.3 Å².